The number of hydrogen-bond acceptors (Lipinski definition) is 2. The van der Waals surface area contributed by atoms with E-state index in [9.17, 15) is 4.79 Å². The minimum atomic E-state index is -0.00114. The van der Waals surface area contributed by atoms with Crippen molar-refractivity contribution in [2.24, 2.45) is 23.7 Å². The molecule has 2 aliphatic carbocycles. The zero-order valence-corrected chi connectivity index (χ0v) is 16.2. The van der Waals surface area contributed by atoms with Crippen LogP contribution in [0.4, 0.5) is 0 Å². The molecule has 2 nitrogen and oxygen atoms in total. The summed E-state index contributed by atoms with van der Waals surface area (Å²) in [4.78, 5) is 12.7. The molecule has 0 amide bonds. The Bertz CT molecular complexity index is 577. The average molecular weight is 343 g/mol. The fourth-order valence-electron chi connectivity index (χ4n) is 5.19. The van der Waals surface area contributed by atoms with E-state index < -0.39 is 0 Å². The zero-order valence-electron chi connectivity index (χ0n) is 16.2. The highest BCUT2D eigenvalue weighted by atomic mass is 16.5. The Morgan fingerprint density at radius 1 is 1.12 bits per heavy atom. The Labute approximate surface area is 153 Å². The van der Waals surface area contributed by atoms with Gasteiger partial charge in [-0.3, -0.25) is 4.79 Å². The third-order valence-corrected chi connectivity index (χ3v) is 6.62. The van der Waals surface area contributed by atoms with E-state index in [0.717, 1.165) is 36.8 Å². The Balaban J connectivity index is 1.63. The Morgan fingerprint density at radius 3 is 2.60 bits per heavy atom. The molecule has 0 N–H and O–H groups in total. The summed E-state index contributed by atoms with van der Waals surface area (Å²) in [6, 6.07) is 8.21. The van der Waals surface area contributed by atoms with Crippen LogP contribution in [-0.4, -0.2) is 5.97 Å². The van der Waals surface area contributed by atoms with Crippen LogP contribution in [0, 0.1) is 23.7 Å². The second kappa shape index (κ2) is 8.38. The molecular formula is C23H34O2. The highest BCUT2D eigenvalue weighted by Crippen LogP contribution is 2.43. The molecule has 4 atom stereocenters. The molecule has 0 aliphatic heterocycles. The minimum Gasteiger partial charge on any atom is -0.426 e. The van der Waals surface area contributed by atoms with Gasteiger partial charge in [0.25, 0.3) is 0 Å². The van der Waals surface area contributed by atoms with Gasteiger partial charge in [-0.1, -0.05) is 58.6 Å². The van der Waals surface area contributed by atoms with Crippen molar-refractivity contribution in [2.45, 2.75) is 78.1 Å². The van der Waals surface area contributed by atoms with Crippen LogP contribution in [0.3, 0.4) is 0 Å². The largest absolute Gasteiger partial charge is 0.426 e. The van der Waals surface area contributed by atoms with Crippen LogP contribution in [-0.2, 0) is 4.79 Å². The SMILES string of the molecule is CCC(c1cccc(OC(=O)C2CCC3CCCCC3C2)c1)C(C)C. The summed E-state index contributed by atoms with van der Waals surface area (Å²) in [6.07, 6.45) is 9.82. The van der Waals surface area contributed by atoms with Crippen LogP contribution < -0.4 is 4.74 Å². The summed E-state index contributed by atoms with van der Waals surface area (Å²) >= 11 is 0. The fraction of sp³-hybridized carbons (Fsp3) is 0.696. The standard InChI is InChI=1S/C23H34O2/c1-4-22(16(2)3)19-10-7-11-21(15-19)25-23(24)20-13-12-17-8-5-6-9-18(17)14-20/h7,10-11,15-18,20,22H,4-6,8-9,12-14H2,1-3H3. The summed E-state index contributed by atoms with van der Waals surface area (Å²) in [5, 5.41) is 0. The maximum atomic E-state index is 12.7. The maximum Gasteiger partial charge on any atom is 0.314 e. The number of carbonyl (C=O) groups excluding carboxylic acids is 1. The molecule has 2 aliphatic rings. The van der Waals surface area contributed by atoms with E-state index in [-0.39, 0.29) is 11.9 Å². The first-order valence-corrected chi connectivity index (χ1v) is 10.4. The van der Waals surface area contributed by atoms with E-state index >= 15 is 0 Å². The summed E-state index contributed by atoms with van der Waals surface area (Å²) in [7, 11) is 0. The van der Waals surface area contributed by atoms with Crippen molar-refractivity contribution in [1.82, 2.24) is 0 Å². The number of carbonyl (C=O) groups is 1. The predicted molar refractivity (Wildman–Crippen MR) is 103 cm³/mol. The maximum absolute atomic E-state index is 12.7. The van der Waals surface area contributed by atoms with Gasteiger partial charge in [0.05, 0.1) is 5.92 Å². The van der Waals surface area contributed by atoms with Crippen molar-refractivity contribution in [3.8, 4) is 5.75 Å². The molecule has 3 rings (SSSR count). The van der Waals surface area contributed by atoms with Gasteiger partial charge in [0.15, 0.2) is 0 Å². The summed E-state index contributed by atoms with van der Waals surface area (Å²) in [5.41, 5.74) is 1.29. The molecule has 1 aromatic carbocycles. The van der Waals surface area contributed by atoms with Gasteiger partial charge in [-0.05, 0) is 67.1 Å². The van der Waals surface area contributed by atoms with Gasteiger partial charge in [0, 0.05) is 0 Å². The Hall–Kier alpha value is -1.31. The highest BCUT2D eigenvalue weighted by Gasteiger charge is 2.35. The molecule has 0 saturated heterocycles. The Kier molecular flexibility index (Phi) is 6.19. The molecule has 0 aromatic heterocycles. The van der Waals surface area contributed by atoms with Gasteiger partial charge < -0.3 is 4.74 Å². The van der Waals surface area contributed by atoms with Crippen LogP contribution in [0.1, 0.15) is 83.6 Å². The lowest BCUT2D eigenvalue weighted by atomic mass is 9.67. The molecule has 0 bridgehead atoms. The molecule has 1 aromatic rings. The third-order valence-electron chi connectivity index (χ3n) is 6.62. The number of ether oxygens (including phenoxy) is 1. The van der Waals surface area contributed by atoms with Crippen molar-refractivity contribution in [3.05, 3.63) is 29.8 Å². The predicted octanol–water partition coefficient (Wildman–Crippen LogP) is 6.35. The summed E-state index contributed by atoms with van der Waals surface area (Å²) in [6.45, 7) is 6.75. The van der Waals surface area contributed by atoms with Crippen LogP contribution >= 0.6 is 0 Å². The highest BCUT2D eigenvalue weighted by molar-refractivity contribution is 5.75. The Morgan fingerprint density at radius 2 is 1.88 bits per heavy atom. The van der Waals surface area contributed by atoms with Gasteiger partial charge in [0.1, 0.15) is 5.75 Å². The monoisotopic (exact) mass is 342 g/mol. The zero-order chi connectivity index (χ0) is 17.8. The lowest BCUT2D eigenvalue weighted by Crippen LogP contribution is -2.33. The van der Waals surface area contributed by atoms with Crippen molar-refractivity contribution in [3.63, 3.8) is 0 Å². The van der Waals surface area contributed by atoms with E-state index in [2.05, 4.69) is 32.9 Å². The molecule has 0 radical (unpaired) electrons. The average Bonchev–Trinajstić information content (AvgIpc) is 2.62. The van der Waals surface area contributed by atoms with Crippen LogP contribution in [0.5, 0.6) is 5.75 Å². The topological polar surface area (TPSA) is 26.3 Å². The van der Waals surface area contributed by atoms with E-state index in [1.54, 1.807) is 0 Å². The number of hydrogen-bond donors (Lipinski definition) is 0. The van der Waals surface area contributed by atoms with Crippen molar-refractivity contribution >= 4 is 5.97 Å². The first kappa shape index (κ1) is 18.5. The number of benzene rings is 1. The first-order chi connectivity index (χ1) is 12.1. The molecular weight excluding hydrogens is 308 g/mol. The van der Waals surface area contributed by atoms with Gasteiger partial charge in [-0.25, -0.2) is 0 Å². The summed E-state index contributed by atoms with van der Waals surface area (Å²) < 4.78 is 5.81. The lowest BCUT2D eigenvalue weighted by Gasteiger charge is -2.38. The smallest absolute Gasteiger partial charge is 0.314 e. The van der Waals surface area contributed by atoms with Crippen molar-refractivity contribution in [2.75, 3.05) is 0 Å². The van der Waals surface area contributed by atoms with E-state index in [4.69, 9.17) is 4.74 Å². The van der Waals surface area contributed by atoms with Crippen LogP contribution in [0.2, 0.25) is 0 Å². The van der Waals surface area contributed by atoms with Gasteiger partial charge in [-0.2, -0.15) is 0 Å². The van der Waals surface area contributed by atoms with Gasteiger partial charge in [-0.15, -0.1) is 0 Å². The number of fused-ring (bicyclic) bond motifs is 1. The quantitative estimate of drug-likeness (QED) is 0.460. The molecule has 0 heterocycles. The van der Waals surface area contributed by atoms with Crippen LogP contribution in [0.25, 0.3) is 0 Å². The normalized spacial score (nSPS) is 27.6. The lowest BCUT2D eigenvalue weighted by molar-refractivity contribution is -0.141. The summed E-state index contributed by atoms with van der Waals surface area (Å²) in [5.74, 6) is 3.59. The minimum absolute atomic E-state index is 0.00114. The van der Waals surface area contributed by atoms with E-state index in [0.29, 0.717) is 11.8 Å². The third kappa shape index (κ3) is 4.46. The second-order valence-corrected chi connectivity index (χ2v) is 8.57. The van der Waals surface area contributed by atoms with Crippen molar-refractivity contribution in [1.29, 1.82) is 0 Å². The number of rotatable bonds is 5. The van der Waals surface area contributed by atoms with Gasteiger partial charge >= 0.3 is 5.97 Å². The molecule has 2 fully saturated rings. The van der Waals surface area contributed by atoms with Gasteiger partial charge in [0.2, 0.25) is 0 Å². The molecule has 0 spiro atoms. The molecule has 4 unspecified atom stereocenters. The van der Waals surface area contributed by atoms with Crippen LogP contribution in [0.15, 0.2) is 24.3 Å². The fourth-order valence-corrected chi connectivity index (χ4v) is 5.19. The molecule has 138 valence electrons. The van der Waals surface area contributed by atoms with Crippen molar-refractivity contribution < 1.29 is 9.53 Å². The second-order valence-electron chi connectivity index (χ2n) is 8.57. The van der Waals surface area contributed by atoms with E-state index in [1.165, 1.54) is 37.7 Å². The van der Waals surface area contributed by atoms with E-state index in [1.807, 2.05) is 12.1 Å². The molecule has 25 heavy (non-hydrogen) atoms. The number of esters is 1. The molecule has 2 heteroatoms. The first-order valence-electron chi connectivity index (χ1n) is 10.4. The molecule has 2 saturated carbocycles.